The molecule has 2 aromatic rings. The van der Waals surface area contributed by atoms with Gasteiger partial charge in [0.15, 0.2) is 0 Å². The van der Waals surface area contributed by atoms with Gasteiger partial charge >= 0.3 is 6.18 Å². The summed E-state index contributed by atoms with van der Waals surface area (Å²) in [7, 11) is -3.84. The van der Waals surface area contributed by atoms with Crippen LogP contribution >= 0.6 is 23.2 Å². The van der Waals surface area contributed by atoms with E-state index < -0.39 is 21.8 Å². The quantitative estimate of drug-likeness (QED) is 0.662. The third-order valence-corrected chi connectivity index (χ3v) is 6.99. The van der Waals surface area contributed by atoms with Gasteiger partial charge in [-0.2, -0.15) is 17.5 Å². The number of hydrogen-bond acceptors (Lipinski definition) is 3. The maximum atomic E-state index is 12.8. The number of benzene rings is 2. The van der Waals surface area contributed by atoms with Crippen LogP contribution in [0.3, 0.4) is 0 Å². The van der Waals surface area contributed by atoms with Gasteiger partial charge in [-0.3, -0.25) is 4.79 Å². The summed E-state index contributed by atoms with van der Waals surface area (Å²) in [5.74, 6) is -0.364. The van der Waals surface area contributed by atoms with Crippen LogP contribution in [-0.4, -0.2) is 49.7 Å². The van der Waals surface area contributed by atoms with Crippen LogP contribution < -0.4 is 0 Å². The average Bonchev–Trinajstić information content (AvgIpc) is 2.67. The smallest absolute Gasteiger partial charge is 0.340 e. The minimum absolute atomic E-state index is 0.0382. The lowest BCUT2D eigenvalue weighted by atomic mass is 10.1. The topological polar surface area (TPSA) is 57.7 Å². The van der Waals surface area contributed by atoms with E-state index in [2.05, 4.69) is 0 Å². The average molecular weight is 481 g/mol. The van der Waals surface area contributed by atoms with Gasteiger partial charge in [0.2, 0.25) is 15.9 Å². The highest BCUT2D eigenvalue weighted by molar-refractivity contribution is 7.89. The fourth-order valence-corrected chi connectivity index (χ4v) is 5.30. The van der Waals surface area contributed by atoms with E-state index in [-0.39, 0.29) is 59.0 Å². The van der Waals surface area contributed by atoms with Gasteiger partial charge in [-0.25, -0.2) is 8.42 Å². The number of piperazine rings is 1. The monoisotopic (exact) mass is 480 g/mol. The van der Waals surface area contributed by atoms with Crippen molar-refractivity contribution in [1.29, 1.82) is 0 Å². The molecule has 0 aromatic heterocycles. The second-order valence-corrected chi connectivity index (χ2v) is 9.58. The molecule has 1 amide bonds. The maximum absolute atomic E-state index is 12.8. The molecule has 2 aromatic carbocycles. The largest absolute Gasteiger partial charge is 0.416 e. The molecule has 1 saturated heterocycles. The number of amides is 1. The summed E-state index contributed by atoms with van der Waals surface area (Å²) in [5, 5.41) is 0.381. The van der Waals surface area contributed by atoms with E-state index in [1.807, 2.05) is 0 Å². The number of sulfonamides is 1. The second-order valence-electron chi connectivity index (χ2n) is 6.76. The van der Waals surface area contributed by atoms with Crippen molar-refractivity contribution in [2.75, 3.05) is 26.2 Å². The zero-order valence-corrected chi connectivity index (χ0v) is 17.8. The van der Waals surface area contributed by atoms with Crippen LogP contribution in [0.15, 0.2) is 47.4 Å². The van der Waals surface area contributed by atoms with Gasteiger partial charge in [0.05, 0.1) is 16.9 Å². The van der Waals surface area contributed by atoms with Crippen molar-refractivity contribution < 1.29 is 26.4 Å². The van der Waals surface area contributed by atoms with E-state index >= 15 is 0 Å². The van der Waals surface area contributed by atoms with Crippen molar-refractivity contribution in [3.8, 4) is 0 Å². The Morgan fingerprint density at radius 3 is 2.13 bits per heavy atom. The van der Waals surface area contributed by atoms with Gasteiger partial charge in [-0.1, -0.05) is 41.4 Å². The molecular formula is C19H17Cl2F3N2O3S. The molecule has 5 nitrogen and oxygen atoms in total. The van der Waals surface area contributed by atoms with Crippen LogP contribution in [0.4, 0.5) is 13.2 Å². The number of nitrogens with zero attached hydrogens (tertiary/aromatic N) is 2. The molecule has 1 fully saturated rings. The number of carbonyl (C=O) groups excluding carboxylic acids is 1. The minimum Gasteiger partial charge on any atom is -0.340 e. The molecule has 11 heteroatoms. The molecule has 0 spiro atoms. The van der Waals surface area contributed by atoms with Crippen molar-refractivity contribution in [2.24, 2.45) is 0 Å². The lowest BCUT2D eigenvalue weighted by molar-refractivity contribution is -0.138. The Morgan fingerprint density at radius 1 is 0.967 bits per heavy atom. The molecule has 1 heterocycles. The Kier molecular flexibility index (Phi) is 6.66. The Bertz CT molecular complexity index is 1030. The van der Waals surface area contributed by atoms with Crippen LogP contribution in [0.1, 0.15) is 11.1 Å². The van der Waals surface area contributed by atoms with Crippen LogP contribution in [0.25, 0.3) is 0 Å². The van der Waals surface area contributed by atoms with E-state index in [1.165, 1.54) is 39.5 Å². The minimum atomic E-state index is -4.48. The molecule has 0 aliphatic carbocycles. The number of rotatable bonds is 4. The molecular weight excluding hydrogens is 464 g/mol. The Balaban J connectivity index is 1.64. The highest BCUT2D eigenvalue weighted by Crippen LogP contribution is 2.30. The lowest BCUT2D eigenvalue weighted by Gasteiger charge is -2.34. The summed E-state index contributed by atoms with van der Waals surface area (Å²) in [6.45, 7) is 0.373. The van der Waals surface area contributed by atoms with Crippen molar-refractivity contribution in [1.82, 2.24) is 9.21 Å². The second kappa shape index (κ2) is 8.74. The Morgan fingerprint density at radius 2 is 1.57 bits per heavy atom. The Hall–Kier alpha value is -1.81. The van der Waals surface area contributed by atoms with E-state index in [9.17, 15) is 26.4 Å². The summed E-state index contributed by atoms with van der Waals surface area (Å²) in [5.41, 5.74) is -0.567. The number of hydrogen-bond donors (Lipinski definition) is 0. The summed E-state index contributed by atoms with van der Waals surface area (Å²) >= 11 is 11.8. The molecule has 3 rings (SSSR count). The molecule has 0 N–H and O–H groups in total. The van der Waals surface area contributed by atoms with Crippen LogP contribution in [0.2, 0.25) is 10.0 Å². The molecule has 0 atom stereocenters. The van der Waals surface area contributed by atoms with E-state index in [0.717, 1.165) is 12.1 Å². The van der Waals surface area contributed by atoms with Gasteiger partial charge < -0.3 is 4.90 Å². The first kappa shape index (κ1) is 22.9. The fraction of sp³-hybridized carbons (Fsp3) is 0.316. The molecule has 0 bridgehead atoms. The maximum Gasteiger partial charge on any atom is 0.416 e. The van der Waals surface area contributed by atoms with E-state index in [4.69, 9.17) is 23.2 Å². The molecule has 0 radical (unpaired) electrons. The van der Waals surface area contributed by atoms with Crippen LogP contribution in [0.5, 0.6) is 0 Å². The number of halogens is 5. The normalized spacial score (nSPS) is 16.0. The Labute approximate surface area is 182 Å². The molecule has 162 valence electrons. The summed E-state index contributed by atoms with van der Waals surface area (Å²) in [6.07, 6.45) is -4.68. The fourth-order valence-electron chi connectivity index (χ4n) is 3.15. The lowest BCUT2D eigenvalue weighted by Crippen LogP contribution is -2.50. The summed E-state index contributed by atoms with van der Waals surface area (Å²) < 4.78 is 65.3. The van der Waals surface area contributed by atoms with Crippen molar-refractivity contribution in [3.05, 3.63) is 63.6 Å². The van der Waals surface area contributed by atoms with Gasteiger partial charge in [-0.05, 0) is 29.8 Å². The molecule has 1 aliphatic rings. The van der Waals surface area contributed by atoms with Gasteiger partial charge in [0.1, 0.15) is 0 Å². The van der Waals surface area contributed by atoms with Gasteiger partial charge in [-0.15, -0.1) is 0 Å². The van der Waals surface area contributed by atoms with E-state index in [0.29, 0.717) is 0 Å². The summed E-state index contributed by atoms with van der Waals surface area (Å²) in [4.78, 5) is 13.9. The van der Waals surface area contributed by atoms with Crippen molar-refractivity contribution >= 4 is 39.1 Å². The van der Waals surface area contributed by atoms with Gasteiger partial charge in [0, 0.05) is 36.2 Å². The number of carbonyl (C=O) groups is 1. The van der Waals surface area contributed by atoms with E-state index in [1.54, 1.807) is 0 Å². The standard InChI is InChI=1S/C19H17Cl2F3N2O3S/c20-15-10-16(21)12-17(11-15)30(28,29)26-6-4-25(5-7-26)18(27)9-13-2-1-3-14(8-13)19(22,23)24/h1-3,8,10-12H,4-7,9H2. The first-order chi connectivity index (χ1) is 14.0. The molecule has 1 aliphatic heterocycles. The zero-order valence-electron chi connectivity index (χ0n) is 15.5. The van der Waals surface area contributed by atoms with Gasteiger partial charge in [0.25, 0.3) is 0 Å². The third kappa shape index (κ3) is 5.26. The predicted octanol–water partition coefficient (Wildman–Crippen LogP) is 4.09. The highest BCUT2D eigenvalue weighted by Gasteiger charge is 2.32. The first-order valence-electron chi connectivity index (χ1n) is 8.87. The molecule has 30 heavy (non-hydrogen) atoms. The summed E-state index contributed by atoms with van der Waals surface area (Å²) in [6, 6.07) is 8.62. The van der Waals surface area contributed by atoms with Crippen LogP contribution in [0, 0.1) is 0 Å². The van der Waals surface area contributed by atoms with Crippen molar-refractivity contribution in [2.45, 2.75) is 17.5 Å². The molecule has 0 saturated carbocycles. The third-order valence-electron chi connectivity index (χ3n) is 4.67. The highest BCUT2D eigenvalue weighted by atomic mass is 35.5. The predicted molar refractivity (Wildman–Crippen MR) is 107 cm³/mol. The first-order valence-corrected chi connectivity index (χ1v) is 11.1. The van der Waals surface area contributed by atoms with Crippen molar-refractivity contribution in [3.63, 3.8) is 0 Å². The number of alkyl halides is 3. The molecule has 0 unspecified atom stereocenters. The zero-order chi connectivity index (χ0) is 22.1. The SMILES string of the molecule is O=C(Cc1cccc(C(F)(F)F)c1)N1CCN(S(=O)(=O)c2cc(Cl)cc(Cl)c2)CC1. The van der Waals surface area contributed by atoms with Crippen LogP contribution in [-0.2, 0) is 27.4 Å².